The van der Waals surface area contributed by atoms with Crippen LogP contribution in [0.25, 0.3) is 0 Å². The van der Waals surface area contributed by atoms with E-state index in [1.54, 1.807) is 23.1 Å². The van der Waals surface area contributed by atoms with Gasteiger partial charge in [0.05, 0.1) is 6.04 Å². The zero-order valence-electron chi connectivity index (χ0n) is 13.8. The van der Waals surface area contributed by atoms with Crippen molar-refractivity contribution in [2.24, 2.45) is 0 Å². The maximum absolute atomic E-state index is 12.3. The number of urea groups is 1. The number of nitrogens with zero attached hydrogens (tertiary/aromatic N) is 1. The first-order chi connectivity index (χ1) is 11.8. The van der Waals surface area contributed by atoms with Crippen molar-refractivity contribution >= 4 is 34.8 Å². The zero-order chi connectivity index (χ0) is 16.8. The standard InChI is InChI=1S/C18H23N3OS2/c1-23-15-7-4-6-14(12-15)20-18(22)19-13-16(17-8-5-11-24-17)21-9-2-3-10-21/h4-8,11-12,16H,2-3,9-10,13H2,1H3,(H2,19,20,22). The molecule has 1 aromatic heterocycles. The van der Waals surface area contributed by atoms with Gasteiger partial charge in [0, 0.05) is 22.0 Å². The number of rotatable bonds is 6. The maximum atomic E-state index is 12.3. The number of amides is 2. The van der Waals surface area contributed by atoms with Crippen molar-refractivity contribution in [2.75, 3.05) is 31.2 Å². The molecule has 0 bridgehead atoms. The third kappa shape index (κ3) is 4.53. The van der Waals surface area contributed by atoms with E-state index in [2.05, 4.69) is 33.0 Å². The van der Waals surface area contributed by atoms with E-state index in [1.807, 2.05) is 30.5 Å². The van der Waals surface area contributed by atoms with Crippen LogP contribution in [0, 0.1) is 0 Å². The second kappa shape index (κ2) is 8.55. The highest BCUT2D eigenvalue weighted by Crippen LogP contribution is 2.27. The van der Waals surface area contributed by atoms with Gasteiger partial charge in [-0.05, 0) is 61.8 Å². The Kier molecular flexibility index (Phi) is 6.18. The SMILES string of the molecule is CSc1cccc(NC(=O)NCC(c2cccs2)N2CCCC2)c1. The first-order valence-electron chi connectivity index (χ1n) is 8.22. The van der Waals surface area contributed by atoms with Crippen LogP contribution in [0.2, 0.25) is 0 Å². The van der Waals surface area contributed by atoms with Crippen LogP contribution in [0.5, 0.6) is 0 Å². The first-order valence-corrected chi connectivity index (χ1v) is 10.3. The highest BCUT2D eigenvalue weighted by atomic mass is 32.2. The van der Waals surface area contributed by atoms with Crippen LogP contribution in [0.3, 0.4) is 0 Å². The lowest BCUT2D eigenvalue weighted by Gasteiger charge is -2.27. The van der Waals surface area contributed by atoms with Crippen LogP contribution in [-0.2, 0) is 0 Å². The fraction of sp³-hybridized carbons (Fsp3) is 0.389. The molecule has 1 aliphatic heterocycles. The molecule has 1 saturated heterocycles. The summed E-state index contributed by atoms with van der Waals surface area (Å²) in [5.74, 6) is 0. The fourth-order valence-corrected chi connectivity index (χ4v) is 4.33. The van der Waals surface area contributed by atoms with E-state index >= 15 is 0 Å². The average molecular weight is 362 g/mol. The lowest BCUT2D eigenvalue weighted by atomic mass is 10.2. The van der Waals surface area contributed by atoms with E-state index < -0.39 is 0 Å². The number of carbonyl (C=O) groups is 1. The van der Waals surface area contributed by atoms with Crippen molar-refractivity contribution in [2.45, 2.75) is 23.8 Å². The fourth-order valence-electron chi connectivity index (χ4n) is 3.01. The number of likely N-dealkylation sites (tertiary alicyclic amines) is 1. The quantitative estimate of drug-likeness (QED) is 0.748. The Morgan fingerprint density at radius 2 is 2.12 bits per heavy atom. The number of hydrogen-bond acceptors (Lipinski definition) is 4. The summed E-state index contributed by atoms with van der Waals surface area (Å²) in [5.41, 5.74) is 0.827. The van der Waals surface area contributed by atoms with E-state index in [1.165, 1.54) is 17.7 Å². The molecule has 0 radical (unpaired) electrons. The number of thiophene rings is 1. The molecule has 2 aromatic rings. The van der Waals surface area contributed by atoms with E-state index in [-0.39, 0.29) is 12.1 Å². The molecule has 128 valence electrons. The van der Waals surface area contributed by atoms with Gasteiger partial charge in [-0.15, -0.1) is 23.1 Å². The second-order valence-corrected chi connectivity index (χ2v) is 7.70. The summed E-state index contributed by atoms with van der Waals surface area (Å²) in [6, 6.07) is 12.3. The minimum absolute atomic E-state index is 0.144. The van der Waals surface area contributed by atoms with E-state index in [4.69, 9.17) is 0 Å². The molecule has 0 spiro atoms. The molecule has 24 heavy (non-hydrogen) atoms. The Bertz CT molecular complexity index is 654. The van der Waals surface area contributed by atoms with Gasteiger partial charge in [0.25, 0.3) is 0 Å². The molecule has 0 saturated carbocycles. The predicted molar refractivity (Wildman–Crippen MR) is 103 cm³/mol. The Hall–Kier alpha value is -1.50. The smallest absolute Gasteiger partial charge is 0.319 e. The highest BCUT2D eigenvalue weighted by molar-refractivity contribution is 7.98. The molecule has 2 heterocycles. The lowest BCUT2D eigenvalue weighted by molar-refractivity contribution is 0.229. The van der Waals surface area contributed by atoms with Crippen molar-refractivity contribution in [1.82, 2.24) is 10.2 Å². The van der Waals surface area contributed by atoms with Gasteiger partial charge in [-0.1, -0.05) is 12.1 Å². The van der Waals surface area contributed by atoms with Gasteiger partial charge in [-0.3, -0.25) is 4.90 Å². The highest BCUT2D eigenvalue weighted by Gasteiger charge is 2.24. The summed E-state index contributed by atoms with van der Waals surface area (Å²) < 4.78 is 0. The third-order valence-corrected chi connectivity index (χ3v) is 5.94. The maximum Gasteiger partial charge on any atom is 0.319 e. The molecule has 1 atom stereocenters. The van der Waals surface area contributed by atoms with E-state index in [9.17, 15) is 4.79 Å². The molecule has 1 fully saturated rings. The van der Waals surface area contributed by atoms with Crippen LogP contribution >= 0.6 is 23.1 Å². The van der Waals surface area contributed by atoms with Gasteiger partial charge >= 0.3 is 6.03 Å². The molecule has 2 amide bonds. The third-order valence-electron chi connectivity index (χ3n) is 4.24. The largest absolute Gasteiger partial charge is 0.336 e. The summed E-state index contributed by atoms with van der Waals surface area (Å²) >= 11 is 3.43. The van der Waals surface area contributed by atoms with Crippen molar-refractivity contribution in [3.63, 3.8) is 0 Å². The van der Waals surface area contributed by atoms with Gasteiger partial charge in [-0.25, -0.2) is 4.79 Å². The minimum Gasteiger partial charge on any atom is -0.336 e. The van der Waals surface area contributed by atoms with E-state index in [0.29, 0.717) is 6.54 Å². The Balaban J connectivity index is 1.58. The summed E-state index contributed by atoms with van der Waals surface area (Å²) in [6.07, 6.45) is 4.52. The average Bonchev–Trinajstić information content (AvgIpc) is 3.29. The van der Waals surface area contributed by atoms with Gasteiger partial charge < -0.3 is 10.6 Å². The molecular weight excluding hydrogens is 338 g/mol. The van der Waals surface area contributed by atoms with Gasteiger partial charge in [-0.2, -0.15) is 0 Å². The lowest BCUT2D eigenvalue weighted by Crippen LogP contribution is -2.38. The van der Waals surface area contributed by atoms with Crippen LogP contribution in [0.1, 0.15) is 23.8 Å². The number of anilines is 1. The Morgan fingerprint density at radius 1 is 1.29 bits per heavy atom. The normalized spacial score (nSPS) is 16.0. The first kappa shape index (κ1) is 17.3. The second-order valence-electron chi connectivity index (χ2n) is 5.84. The predicted octanol–water partition coefficient (Wildman–Crippen LogP) is 4.43. The summed E-state index contributed by atoms with van der Waals surface area (Å²) in [6.45, 7) is 2.86. The number of carbonyl (C=O) groups excluding carboxylic acids is 1. The number of hydrogen-bond donors (Lipinski definition) is 2. The summed E-state index contributed by atoms with van der Waals surface area (Å²) in [7, 11) is 0. The summed E-state index contributed by atoms with van der Waals surface area (Å²) in [4.78, 5) is 17.2. The van der Waals surface area contributed by atoms with Crippen LogP contribution in [0.4, 0.5) is 10.5 Å². The molecule has 3 rings (SSSR count). The molecule has 1 aliphatic rings. The van der Waals surface area contributed by atoms with Crippen LogP contribution in [0.15, 0.2) is 46.7 Å². The summed E-state index contributed by atoms with van der Waals surface area (Å²) in [5, 5.41) is 8.07. The molecule has 1 aromatic carbocycles. The molecular formula is C18H23N3OS2. The van der Waals surface area contributed by atoms with Crippen molar-refractivity contribution < 1.29 is 4.79 Å². The topological polar surface area (TPSA) is 44.4 Å². The van der Waals surface area contributed by atoms with Crippen molar-refractivity contribution in [3.8, 4) is 0 Å². The molecule has 0 aliphatic carbocycles. The van der Waals surface area contributed by atoms with Crippen LogP contribution in [-0.4, -0.2) is 36.8 Å². The monoisotopic (exact) mass is 361 g/mol. The molecule has 4 nitrogen and oxygen atoms in total. The number of nitrogens with one attached hydrogen (secondary N) is 2. The van der Waals surface area contributed by atoms with Crippen LogP contribution < -0.4 is 10.6 Å². The molecule has 2 N–H and O–H groups in total. The number of thioether (sulfide) groups is 1. The molecule has 1 unspecified atom stereocenters. The van der Waals surface area contributed by atoms with E-state index in [0.717, 1.165) is 23.7 Å². The number of benzene rings is 1. The van der Waals surface area contributed by atoms with Gasteiger partial charge in [0.15, 0.2) is 0 Å². The Morgan fingerprint density at radius 3 is 2.83 bits per heavy atom. The van der Waals surface area contributed by atoms with Gasteiger partial charge in [0.1, 0.15) is 0 Å². The van der Waals surface area contributed by atoms with Crippen molar-refractivity contribution in [1.29, 1.82) is 0 Å². The minimum atomic E-state index is -0.144. The molecule has 6 heteroatoms. The van der Waals surface area contributed by atoms with Gasteiger partial charge in [0.2, 0.25) is 0 Å². The Labute approximate surface area is 151 Å². The zero-order valence-corrected chi connectivity index (χ0v) is 15.5. The van der Waals surface area contributed by atoms with Crippen molar-refractivity contribution in [3.05, 3.63) is 46.7 Å².